The van der Waals surface area contributed by atoms with Crippen LogP contribution in [0.5, 0.6) is 0 Å². The molecule has 0 spiro atoms. The van der Waals surface area contributed by atoms with Crippen LogP contribution in [0.2, 0.25) is 0 Å². The molecule has 1 atom stereocenters. The molecular formula is C9H15NO4. The number of amides is 1. The Bertz CT molecular complexity index is 229. The van der Waals surface area contributed by atoms with Gasteiger partial charge in [-0.1, -0.05) is 0 Å². The average Bonchev–Trinajstić information content (AvgIpc) is 2.53. The molecule has 1 aliphatic heterocycles. The van der Waals surface area contributed by atoms with Crippen molar-refractivity contribution in [3.05, 3.63) is 0 Å². The lowest BCUT2D eigenvalue weighted by atomic mass is 10.1. The topological polar surface area (TPSA) is 66.8 Å². The highest BCUT2D eigenvalue weighted by Crippen LogP contribution is 2.19. The fourth-order valence-electron chi connectivity index (χ4n) is 1.63. The molecule has 0 radical (unpaired) electrons. The van der Waals surface area contributed by atoms with Gasteiger partial charge in [0.05, 0.1) is 13.0 Å². The van der Waals surface area contributed by atoms with E-state index in [1.165, 1.54) is 4.90 Å². The Morgan fingerprint density at radius 2 is 2.29 bits per heavy atom. The van der Waals surface area contributed by atoms with Gasteiger partial charge in [0.25, 0.3) is 0 Å². The lowest BCUT2D eigenvalue weighted by molar-refractivity contribution is -0.144. The van der Waals surface area contributed by atoms with Crippen molar-refractivity contribution >= 4 is 12.1 Å². The monoisotopic (exact) mass is 201 g/mol. The summed E-state index contributed by atoms with van der Waals surface area (Å²) in [6.07, 6.45) is 0.180. The Labute approximate surface area is 82.6 Å². The smallest absolute Gasteiger partial charge is 0.407 e. The molecule has 14 heavy (non-hydrogen) atoms. The van der Waals surface area contributed by atoms with Gasteiger partial charge in [0.15, 0.2) is 0 Å². The van der Waals surface area contributed by atoms with Gasteiger partial charge >= 0.3 is 12.1 Å². The molecular weight excluding hydrogens is 186 g/mol. The summed E-state index contributed by atoms with van der Waals surface area (Å²) in [6, 6.07) is 0. The third-order valence-corrected chi connectivity index (χ3v) is 2.32. The molecule has 1 amide bonds. The summed E-state index contributed by atoms with van der Waals surface area (Å²) >= 11 is 0. The zero-order valence-corrected chi connectivity index (χ0v) is 8.23. The summed E-state index contributed by atoms with van der Waals surface area (Å²) < 4.78 is 4.79. The number of nitrogens with zero attached hydrogens (tertiary/aromatic N) is 1. The standard InChI is InChI=1S/C9H15NO4/c1-2-14-8(11)5-7-3-4-10(6-7)9(12)13/h7H,2-6H2,1H3,(H,12,13). The maximum absolute atomic E-state index is 11.1. The zero-order valence-electron chi connectivity index (χ0n) is 8.23. The van der Waals surface area contributed by atoms with E-state index >= 15 is 0 Å². The number of carbonyl (C=O) groups excluding carboxylic acids is 1. The van der Waals surface area contributed by atoms with Crippen molar-refractivity contribution in [2.24, 2.45) is 5.92 Å². The van der Waals surface area contributed by atoms with E-state index in [0.717, 1.165) is 6.42 Å². The van der Waals surface area contributed by atoms with Gasteiger partial charge in [-0.25, -0.2) is 4.79 Å². The number of carboxylic acid groups (broad SMARTS) is 1. The second-order valence-electron chi connectivity index (χ2n) is 3.39. The average molecular weight is 201 g/mol. The lowest BCUT2D eigenvalue weighted by Crippen LogP contribution is -2.27. The number of ether oxygens (including phenoxy) is 1. The van der Waals surface area contributed by atoms with Gasteiger partial charge in [0.2, 0.25) is 0 Å². The molecule has 1 heterocycles. The Hall–Kier alpha value is -1.26. The first-order chi connectivity index (χ1) is 6.63. The van der Waals surface area contributed by atoms with E-state index in [1.807, 2.05) is 0 Å². The summed E-state index contributed by atoms with van der Waals surface area (Å²) in [4.78, 5) is 23.0. The molecule has 5 nitrogen and oxygen atoms in total. The second-order valence-corrected chi connectivity index (χ2v) is 3.39. The van der Waals surface area contributed by atoms with Crippen molar-refractivity contribution in [3.63, 3.8) is 0 Å². The second kappa shape index (κ2) is 4.83. The maximum atomic E-state index is 11.1. The van der Waals surface area contributed by atoms with Crippen LogP contribution in [-0.2, 0) is 9.53 Å². The Kier molecular flexibility index (Phi) is 3.73. The number of esters is 1. The molecule has 5 heteroatoms. The van der Waals surface area contributed by atoms with Crippen LogP contribution in [0.1, 0.15) is 19.8 Å². The first kappa shape index (κ1) is 10.8. The van der Waals surface area contributed by atoms with Crippen molar-refractivity contribution < 1.29 is 19.4 Å². The van der Waals surface area contributed by atoms with Crippen LogP contribution in [-0.4, -0.2) is 41.8 Å². The molecule has 1 N–H and O–H groups in total. The number of hydrogen-bond acceptors (Lipinski definition) is 3. The molecule has 1 unspecified atom stereocenters. The minimum atomic E-state index is -0.906. The van der Waals surface area contributed by atoms with E-state index < -0.39 is 6.09 Å². The predicted octanol–water partition coefficient (Wildman–Crippen LogP) is 0.940. The normalized spacial score (nSPS) is 20.9. The highest BCUT2D eigenvalue weighted by molar-refractivity contribution is 5.70. The lowest BCUT2D eigenvalue weighted by Gasteiger charge is -2.11. The van der Waals surface area contributed by atoms with E-state index in [9.17, 15) is 9.59 Å². The van der Waals surface area contributed by atoms with Crippen molar-refractivity contribution in [1.82, 2.24) is 4.90 Å². The largest absolute Gasteiger partial charge is 0.466 e. The van der Waals surface area contributed by atoms with Gasteiger partial charge in [0, 0.05) is 13.1 Å². The van der Waals surface area contributed by atoms with Gasteiger partial charge in [0.1, 0.15) is 0 Å². The summed E-state index contributed by atoms with van der Waals surface area (Å²) in [7, 11) is 0. The SMILES string of the molecule is CCOC(=O)CC1CCN(C(=O)O)C1. The van der Waals surface area contributed by atoms with Gasteiger partial charge in [-0.2, -0.15) is 0 Å². The van der Waals surface area contributed by atoms with Crippen molar-refractivity contribution in [1.29, 1.82) is 0 Å². The predicted molar refractivity (Wildman–Crippen MR) is 49.0 cm³/mol. The molecule has 0 aromatic carbocycles. The van der Waals surface area contributed by atoms with E-state index in [4.69, 9.17) is 9.84 Å². The first-order valence-electron chi connectivity index (χ1n) is 4.77. The molecule has 1 rings (SSSR count). The minimum Gasteiger partial charge on any atom is -0.466 e. The van der Waals surface area contributed by atoms with E-state index in [1.54, 1.807) is 6.92 Å². The molecule has 0 bridgehead atoms. The Morgan fingerprint density at radius 1 is 1.57 bits per heavy atom. The molecule has 0 saturated carbocycles. The highest BCUT2D eigenvalue weighted by Gasteiger charge is 2.27. The Balaban J connectivity index is 2.28. The Morgan fingerprint density at radius 3 is 2.79 bits per heavy atom. The van der Waals surface area contributed by atoms with Crippen molar-refractivity contribution in [2.45, 2.75) is 19.8 Å². The van der Waals surface area contributed by atoms with E-state index in [-0.39, 0.29) is 11.9 Å². The van der Waals surface area contributed by atoms with Crippen LogP contribution in [0.4, 0.5) is 4.79 Å². The quantitative estimate of drug-likeness (QED) is 0.690. The molecule has 1 fully saturated rings. The van der Waals surface area contributed by atoms with Crippen LogP contribution in [0.15, 0.2) is 0 Å². The number of likely N-dealkylation sites (tertiary alicyclic amines) is 1. The molecule has 1 aliphatic rings. The molecule has 0 aromatic rings. The van der Waals surface area contributed by atoms with Crippen LogP contribution >= 0.6 is 0 Å². The van der Waals surface area contributed by atoms with Gasteiger partial charge in [-0.3, -0.25) is 4.79 Å². The summed E-state index contributed by atoms with van der Waals surface area (Å²) in [5, 5.41) is 8.68. The first-order valence-corrected chi connectivity index (χ1v) is 4.77. The highest BCUT2D eigenvalue weighted by atomic mass is 16.5. The third kappa shape index (κ3) is 2.90. The summed E-state index contributed by atoms with van der Waals surface area (Å²) in [6.45, 7) is 3.12. The molecule has 1 saturated heterocycles. The fraction of sp³-hybridized carbons (Fsp3) is 0.778. The van der Waals surface area contributed by atoms with Gasteiger partial charge in [-0.05, 0) is 19.3 Å². The van der Waals surface area contributed by atoms with Crippen LogP contribution in [0.3, 0.4) is 0 Å². The van der Waals surface area contributed by atoms with Crippen molar-refractivity contribution in [2.75, 3.05) is 19.7 Å². The van der Waals surface area contributed by atoms with Crippen molar-refractivity contribution in [3.8, 4) is 0 Å². The van der Waals surface area contributed by atoms with Crippen LogP contribution in [0, 0.1) is 5.92 Å². The summed E-state index contributed by atoms with van der Waals surface area (Å²) in [5.74, 6) is -0.102. The summed E-state index contributed by atoms with van der Waals surface area (Å²) in [5.41, 5.74) is 0. The molecule has 80 valence electrons. The zero-order chi connectivity index (χ0) is 10.6. The van der Waals surface area contributed by atoms with Crippen LogP contribution < -0.4 is 0 Å². The third-order valence-electron chi connectivity index (χ3n) is 2.32. The van der Waals surface area contributed by atoms with E-state index in [2.05, 4.69) is 0 Å². The number of rotatable bonds is 3. The van der Waals surface area contributed by atoms with Gasteiger partial charge < -0.3 is 14.7 Å². The molecule has 0 aliphatic carbocycles. The fourth-order valence-corrected chi connectivity index (χ4v) is 1.63. The van der Waals surface area contributed by atoms with E-state index in [0.29, 0.717) is 26.1 Å². The maximum Gasteiger partial charge on any atom is 0.407 e. The minimum absolute atomic E-state index is 0.130. The molecule has 0 aromatic heterocycles. The number of hydrogen-bond donors (Lipinski definition) is 1. The number of carbonyl (C=O) groups is 2. The van der Waals surface area contributed by atoms with Gasteiger partial charge in [-0.15, -0.1) is 0 Å². The van der Waals surface area contributed by atoms with Crippen LogP contribution in [0.25, 0.3) is 0 Å².